The molecular weight excluding hydrogens is 310 g/mol. The van der Waals surface area contributed by atoms with Crippen LogP contribution in [-0.2, 0) is 4.74 Å². The van der Waals surface area contributed by atoms with Crippen LogP contribution in [0.25, 0.3) is 11.0 Å². The van der Waals surface area contributed by atoms with Crippen LogP contribution >= 0.6 is 11.6 Å². The van der Waals surface area contributed by atoms with E-state index in [1.54, 1.807) is 6.07 Å². The van der Waals surface area contributed by atoms with E-state index in [0.717, 1.165) is 0 Å². The Kier molecular flexibility index (Phi) is 3.51. The molecule has 0 unspecified atom stereocenters. The average molecular weight is 324 g/mol. The summed E-state index contributed by atoms with van der Waals surface area (Å²) in [6.07, 6.45) is 4.61. The second-order valence-corrected chi connectivity index (χ2v) is 5.50. The quantitative estimate of drug-likeness (QED) is 0.573. The number of pyridine rings is 1. The molecule has 0 radical (unpaired) electrons. The summed E-state index contributed by atoms with van der Waals surface area (Å²) in [6, 6.07) is 1.60. The average Bonchev–Trinajstić information content (AvgIpc) is 2.97. The predicted octanol–water partition coefficient (Wildman–Crippen LogP) is -0.113. The Morgan fingerprint density at radius 2 is 2.32 bits per heavy atom. The highest BCUT2D eigenvalue weighted by atomic mass is 35.5. The lowest BCUT2D eigenvalue weighted by Gasteiger charge is -2.24. The predicted molar refractivity (Wildman–Crippen MR) is 79.9 cm³/mol. The van der Waals surface area contributed by atoms with E-state index in [4.69, 9.17) is 28.5 Å². The maximum Gasteiger partial charge on any atom is 0.183 e. The molecule has 0 amide bonds. The minimum atomic E-state index is -2.01. The van der Waals surface area contributed by atoms with Crippen molar-refractivity contribution in [2.75, 3.05) is 12.3 Å². The maximum absolute atomic E-state index is 10.3. The largest absolute Gasteiger partial charge is 0.398 e. The number of nitrogen functional groups attached to an aromatic ring is 1. The Balaban J connectivity index is 2.14. The van der Waals surface area contributed by atoms with E-state index in [1.807, 2.05) is 0 Å². The molecule has 4 atom stereocenters. The number of fused-ring (bicyclic) bond motifs is 1. The van der Waals surface area contributed by atoms with Gasteiger partial charge in [-0.2, -0.15) is 0 Å². The third-order valence-electron chi connectivity index (χ3n) is 3.89. The lowest BCUT2D eigenvalue weighted by molar-refractivity contribution is -0.0604. The van der Waals surface area contributed by atoms with Crippen LogP contribution in [0.2, 0.25) is 5.02 Å². The number of aromatic nitrogens is 2. The fraction of sp³-hybridized carbons (Fsp3) is 0.357. The normalized spacial score (nSPS) is 31.5. The van der Waals surface area contributed by atoms with Crippen molar-refractivity contribution in [2.24, 2.45) is 0 Å². The fourth-order valence-electron chi connectivity index (χ4n) is 2.68. The number of aliphatic hydroxyl groups is 3. The first-order valence-electron chi connectivity index (χ1n) is 6.49. The highest BCUT2D eigenvalue weighted by Gasteiger charge is 2.55. The number of rotatable bonds is 2. The molecule has 116 valence electrons. The molecular formula is C14H14ClN3O4. The lowest BCUT2D eigenvalue weighted by atomic mass is 9.93. The standard InChI is InChI=1S/C14H14ClN3O4/c1-2-14(21)9(6-19)22-13(11(14)20)18-5-7(15)10-8(16)3-4-17-12(10)18/h1,3-5,9,11,13,19-21H,6H2,(H2,16,17)/t9-,11+,13-,14-/m1/s1. The van der Waals surface area contributed by atoms with Gasteiger partial charge in [0.15, 0.2) is 11.8 Å². The number of aliphatic hydroxyl groups excluding tert-OH is 2. The van der Waals surface area contributed by atoms with Gasteiger partial charge in [-0.3, -0.25) is 0 Å². The second-order valence-electron chi connectivity index (χ2n) is 5.10. The van der Waals surface area contributed by atoms with Gasteiger partial charge in [-0.1, -0.05) is 17.5 Å². The van der Waals surface area contributed by atoms with Gasteiger partial charge in [0.2, 0.25) is 0 Å². The topological polar surface area (TPSA) is 114 Å². The Labute approximate surface area is 130 Å². The minimum Gasteiger partial charge on any atom is -0.398 e. The Bertz CT molecular complexity index is 771. The van der Waals surface area contributed by atoms with Crippen LogP contribution in [-0.4, -0.2) is 49.3 Å². The summed E-state index contributed by atoms with van der Waals surface area (Å²) in [7, 11) is 0. The van der Waals surface area contributed by atoms with Crippen molar-refractivity contribution in [3.8, 4) is 12.3 Å². The van der Waals surface area contributed by atoms with Crippen LogP contribution in [0.4, 0.5) is 5.69 Å². The van der Waals surface area contributed by atoms with Gasteiger partial charge >= 0.3 is 0 Å². The number of nitrogens with two attached hydrogens (primary N) is 1. The first kappa shape index (κ1) is 15.1. The van der Waals surface area contributed by atoms with Crippen LogP contribution in [0.5, 0.6) is 0 Å². The smallest absolute Gasteiger partial charge is 0.183 e. The summed E-state index contributed by atoms with van der Waals surface area (Å²) < 4.78 is 6.95. The van der Waals surface area contributed by atoms with E-state index in [0.29, 0.717) is 21.7 Å². The summed E-state index contributed by atoms with van der Waals surface area (Å²) >= 11 is 6.15. The molecule has 8 heteroatoms. The van der Waals surface area contributed by atoms with Crippen LogP contribution in [0.3, 0.4) is 0 Å². The molecule has 3 heterocycles. The van der Waals surface area contributed by atoms with Crippen molar-refractivity contribution in [3.63, 3.8) is 0 Å². The molecule has 22 heavy (non-hydrogen) atoms. The van der Waals surface area contributed by atoms with Gasteiger partial charge in [-0.15, -0.1) is 6.42 Å². The molecule has 7 nitrogen and oxygen atoms in total. The zero-order chi connectivity index (χ0) is 16.1. The molecule has 0 saturated carbocycles. The van der Waals surface area contributed by atoms with E-state index < -0.39 is 30.6 Å². The summed E-state index contributed by atoms with van der Waals surface area (Å²) in [4.78, 5) is 4.18. The zero-order valence-electron chi connectivity index (χ0n) is 11.3. The number of terminal acetylenes is 1. The van der Waals surface area contributed by atoms with E-state index >= 15 is 0 Å². The fourth-order valence-corrected chi connectivity index (χ4v) is 2.98. The van der Waals surface area contributed by atoms with E-state index in [1.165, 1.54) is 17.0 Å². The molecule has 0 aromatic carbocycles. The molecule has 0 aliphatic carbocycles. The molecule has 3 rings (SSSR count). The molecule has 1 aliphatic rings. The van der Waals surface area contributed by atoms with Crippen LogP contribution in [0.15, 0.2) is 18.5 Å². The van der Waals surface area contributed by atoms with E-state index in [2.05, 4.69) is 10.9 Å². The van der Waals surface area contributed by atoms with Gasteiger partial charge in [0, 0.05) is 18.1 Å². The van der Waals surface area contributed by atoms with Gasteiger partial charge in [-0.25, -0.2) is 4.98 Å². The number of hydrogen-bond donors (Lipinski definition) is 4. The number of nitrogens with zero attached hydrogens (tertiary/aromatic N) is 2. The molecule has 2 aromatic rings. The number of halogens is 1. The summed E-state index contributed by atoms with van der Waals surface area (Å²) in [5.41, 5.74) is 4.67. The Morgan fingerprint density at radius 3 is 2.91 bits per heavy atom. The number of hydrogen-bond acceptors (Lipinski definition) is 6. The van der Waals surface area contributed by atoms with Crippen molar-refractivity contribution in [3.05, 3.63) is 23.5 Å². The van der Waals surface area contributed by atoms with Crippen molar-refractivity contribution in [1.29, 1.82) is 0 Å². The van der Waals surface area contributed by atoms with Crippen molar-refractivity contribution >= 4 is 28.3 Å². The van der Waals surface area contributed by atoms with Crippen LogP contribution in [0.1, 0.15) is 6.23 Å². The van der Waals surface area contributed by atoms with Crippen molar-refractivity contribution < 1.29 is 20.1 Å². The van der Waals surface area contributed by atoms with Gasteiger partial charge < -0.3 is 30.4 Å². The third kappa shape index (κ3) is 1.90. The molecule has 1 aliphatic heterocycles. The zero-order valence-corrected chi connectivity index (χ0v) is 12.1. The third-order valence-corrected chi connectivity index (χ3v) is 4.17. The second kappa shape index (κ2) is 5.12. The molecule has 1 saturated heterocycles. The molecule has 2 aromatic heterocycles. The maximum atomic E-state index is 10.3. The first-order valence-corrected chi connectivity index (χ1v) is 6.87. The van der Waals surface area contributed by atoms with Gasteiger partial charge in [0.1, 0.15) is 17.9 Å². The number of anilines is 1. The molecule has 0 bridgehead atoms. The van der Waals surface area contributed by atoms with Gasteiger partial charge in [0.25, 0.3) is 0 Å². The van der Waals surface area contributed by atoms with Crippen LogP contribution in [0, 0.1) is 12.3 Å². The highest BCUT2D eigenvalue weighted by molar-refractivity contribution is 6.36. The van der Waals surface area contributed by atoms with Gasteiger partial charge in [0.05, 0.1) is 17.0 Å². The van der Waals surface area contributed by atoms with E-state index in [-0.39, 0.29) is 0 Å². The van der Waals surface area contributed by atoms with E-state index in [9.17, 15) is 15.3 Å². The van der Waals surface area contributed by atoms with Crippen molar-refractivity contribution in [1.82, 2.24) is 9.55 Å². The first-order chi connectivity index (χ1) is 10.4. The summed E-state index contributed by atoms with van der Waals surface area (Å²) in [6.45, 7) is -0.545. The summed E-state index contributed by atoms with van der Waals surface area (Å²) in [5, 5.41) is 30.8. The Hall–Kier alpha value is -1.82. The monoisotopic (exact) mass is 323 g/mol. The molecule has 0 spiro atoms. The molecule has 5 N–H and O–H groups in total. The Morgan fingerprint density at radius 1 is 1.59 bits per heavy atom. The van der Waals surface area contributed by atoms with Crippen molar-refractivity contribution in [2.45, 2.75) is 24.0 Å². The summed E-state index contributed by atoms with van der Waals surface area (Å²) in [5.74, 6) is 2.09. The number of ether oxygens (including phenoxy) is 1. The minimum absolute atomic E-state index is 0.327. The SMILES string of the molecule is C#C[C@@]1(O)[C@@H](CO)O[C@@H](n2cc(Cl)c3c(N)ccnc32)[C@@H]1O. The highest BCUT2D eigenvalue weighted by Crippen LogP contribution is 2.40. The molecule has 1 fully saturated rings. The van der Waals surface area contributed by atoms with Crippen LogP contribution < -0.4 is 5.73 Å². The van der Waals surface area contributed by atoms with Gasteiger partial charge in [-0.05, 0) is 6.07 Å². The lowest BCUT2D eigenvalue weighted by Crippen LogP contribution is -2.47.